The predicted molar refractivity (Wildman–Crippen MR) is 80.1 cm³/mol. The molecule has 0 saturated heterocycles. The summed E-state index contributed by atoms with van der Waals surface area (Å²) in [4.78, 5) is 2.51. The van der Waals surface area contributed by atoms with Crippen molar-refractivity contribution < 1.29 is 4.74 Å². The van der Waals surface area contributed by atoms with Crippen molar-refractivity contribution in [2.45, 2.75) is 53.0 Å². The van der Waals surface area contributed by atoms with Gasteiger partial charge in [0.15, 0.2) is 0 Å². The van der Waals surface area contributed by atoms with Crippen LogP contribution in [0.4, 0.5) is 0 Å². The highest BCUT2D eigenvalue weighted by atomic mass is 16.5. The van der Waals surface area contributed by atoms with Gasteiger partial charge in [-0.1, -0.05) is 20.8 Å². The summed E-state index contributed by atoms with van der Waals surface area (Å²) in [5.41, 5.74) is 0. The Kier molecular flexibility index (Phi) is 11.9. The summed E-state index contributed by atoms with van der Waals surface area (Å²) < 4.78 is 5.18. The lowest BCUT2D eigenvalue weighted by atomic mass is 10.1. The van der Waals surface area contributed by atoms with Gasteiger partial charge in [-0.05, 0) is 38.6 Å². The van der Waals surface area contributed by atoms with Crippen molar-refractivity contribution >= 4 is 0 Å². The zero-order chi connectivity index (χ0) is 13.8. The molecule has 0 aliphatic carbocycles. The molecule has 0 aromatic heterocycles. The van der Waals surface area contributed by atoms with E-state index in [0.717, 1.165) is 38.7 Å². The summed E-state index contributed by atoms with van der Waals surface area (Å²) in [7, 11) is 1.78. The molecule has 1 atom stereocenters. The number of rotatable bonds is 12. The summed E-state index contributed by atoms with van der Waals surface area (Å²) in [6, 6.07) is 0.651. The van der Waals surface area contributed by atoms with E-state index in [9.17, 15) is 0 Å². The zero-order valence-electron chi connectivity index (χ0n) is 13.2. The first kappa shape index (κ1) is 17.9. The molecule has 1 N–H and O–H groups in total. The Hall–Kier alpha value is -0.120. The predicted octanol–water partition coefficient (Wildman–Crippen LogP) is 2.76. The Bertz CT molecular complexity index is 174. The van der Waals surface area contributed by atoms with Gasteiger partial charge in [-0.15, -0.1) is 0 Å². The van der Waals surface area contributed by atoms with Crippen LogP contribution in [0.1, 0.15) is 47.0 Å². The second kappa shape index (κ2) is 11.9. The van der Waals surface area contributed by atoms with E-state index < -0.39 is 0 Å². The molecule has 18 heavy (non-hydrogen) atoms. The molecule has 3 heteroatoms. The first-order chi connectivity index (χ1) is 8.61. The molecule has 110 valence electrons. The topological polar surface area (TPSA) is 24.5 Å². The number of nitrogens with one attached hydrogen (secondary N) is 1. The first-order valence-electron chi connectivity index (χ1n) is 7.55. The molecule has 0 amide bonds. The molecule has 0 aliphatic rings. The number of hydrogen-bond acceptors (Lipinski definition) is 3. The first-order valence-corrected chi connectivity index (χ1v) is 7.55. The van der Waals surface area contributed by atoms with E-state index >= 15 is 0 Å². The summed E-state index contributed by atoms with van der Waals surface area (Å²) in [5.74, 6) is 0.824. The van der Waals surface area contributed by atoms with Gasteiger partial charge in [0.05, 0.1) is 6.61 Å². The smallest absolute Gasteiger partial charge is 0.0589 e. The lowest BCUT2D eigenvalue weighted by molar-refractivity contribution is 0.123. The van der Waals surface area contributed by atoms with Crippen LogP contribution in [-0.2, 0) is 4.74 Å². The fourth-order valence-corrected chi connectivity index (χ4v) is 2.00. The van der Waals surface area contributed by atoms with Crippen LogP contribution < -0.4 is 5.32 Å². The summed E-state index contributed by atoms with van der Waals surface area (Å²) in [6.07, 6.45) is 3.82. The van der Waals surface area contributed by atoms with E-state index in [4.69, 9.17) is 4.74 Å². The standard InChI is InChI=1S/C15H34N2O/c1-6-15(4)17(12-13-18-5)11-10-16-9-7-8-14(2)3/h14-16H,6-13H2,1-5H3. The van der Waals surface area contributed by atoms with Crippen molar-refractivity contribution in [3.63, 3.8) is 0 Å². The van der Waals surface area contributed by atoms with Crippen molar-refractivity contribution in [2.24, 2.45) is 5.92 Å². The van der Waals surface area contributed by atoms with Gasteiger partial charge in [0, 0.05) is 32.8 Å². The summed E-state index contributed by atoms with van der Waals surface area (Å²) >= 11 is 0. The van der Waals surface area contributed by atoms with Gasteiger partial charge in [-0.2, -0.15) is 0 Å². The van der Waals surface area contributed by atoms with E-state index in [2.05, 4.69) is 37.9 Å². The van der Waals surface area contributed by atoms with Crippen LogP contribution in [0.25, 0.3) is 0 Å². The van der Waals surface area contributed by atoms with E-state index in [0.29, 0.717) is 6.04 Å². The zero-order valence-corrected chi connectivity index (χ0v) is 13.2. The molecule has 0 heterocycles. The van der Waals surface area contributed by atoms with Crippen LogP contribution in [0.2, 0.25) is 0 Å². The molecular formula is C15H34N2O. The van der Waals surface area contributed by atoms with Crippen LogP contribution in [0, 0.1) is 5.92 Å². The third-order valence-electron chi connectivity index (χ3n) is 3.51. The van der Waals surface area contributed by atoms with Crippen LogP contribution in [0.15, 0.2) is 0 Å². The highest BCUT2D eigenvalue weighted by molar-refractivity contribution is 4.67. The third kappa shape index (κ3) is 9.86. The van der Waals surface area contributed by atoms with E-state index in [1.807, 2.05) is 0 Å². The molecule has 3 nitrogen and oxygen atoms in total. The molecule has 0 aromatic rings. The van der Waals surface area contributed by atoms with Gasteiger partial charge in [0.25, 0.3) is 0 Å². The fourth-order valence-electron chi connectivity index (χ4n) is 2.00. The second-order valence-corrected chi connectivity index (χ2v) is 5.57. The normalized spacial score (nSPS) is 13.5. The quantitative estimate of drug-likeness (QED) is 0.545. The molecular weight excluding hydrogens is 224 g/mol. The largest absolute Gasteiger partial charge is 0.383 e. The van der Waals surface area contributed by atoms with Crippen molar-refractivity contribution in [2.75, 3.05) is 39.9 Å². The van der Waals surface area contributed by atoms with Crippen molar-refractivity contribution in [1.82, 2.24) is 10.2 Å². The molecule has 0 fully saturated rings. The second-order valence-electron chi connectivity index (χ2n) is 5.57. The summed E-state index contributed by atoms with van der Waals surface area (Å²) in [6.45, 7) is 14.4. The van der Waals surface area contributed by atoms with Crippen LogP contribution in [0.5, 0.6) is 0 Å². The van der Waals surface area contributed by atoms with E-state index in [-0.39, 0.29) is 0 Å². The van der Waals surface area contributed by atoms with Crippen molar-refractivity contribution in [3.8, 4) is 0 Å². The highest BCUT2D eigenvalue weighted by Gasteiger charge is 2.10. The van der Waals surface area contributed by atoms with E-state index in [1.54, 1.807) is 7.11 Å². The monoisotopic (exact) mass is 258 g/mol. The van der Waals surface area contributed by atoms with Gasteiger partial charge in [-0.25, -0.2) is 0 Å². The molecule has 0 saturated carbocycles. The molecule has 0 radical (unpaired) electrons. The van der Waals surface area contributed by atoms with Gasteiger partial charge >= 0.3 is 0 Å². The number of nitrogens with zero attached hydrogens (tertiary/aromatic N) is 1. The van der Waals surface area contributed by atoms with Crippen LogP contribution >= 0.6 is 0 Å². The minimum Gasteiger partial charge on any atom is -0.383 e. The Balaban J connectivity index is 3.62. The van der Waals surface area contributed by atoms with Crippen molar-refractivity contribution in [3.05, 3.63) is 0 Å². The van der Waals surface area contributed by atoms with Crippen molar-refractivity contribution in [1.29, 1.82) is 0 Å². The lowest BCUT2D eigenvalue weighted by Crippen LogP contribution is -2.40. The maximum Gasteiger partial charge on any atom is 0.0589 e. The number of hydrogen-bond donors (Lipinski definition) is 1. The minimum atomic E-state index is 0.651. The lowest BCUT2D eigenvalue weighted by Gasteiger charge is -2.28. The third-order valence-corrected chi connectivity index (χ3v) is 3.51. The minimum absolute atomic E-state index is 0.651. The molecule has 0 bridgehead atoms. The van der Waals surface area contributed by atoms with Crippen LogP contribution in [-0.4, -0.2) is 50.8 Å². The molecule has 0 aromatic carbocycles. The Morgan fingerprint density at radius 1 is 1.11 bits per heavy atom. The maximum atomic E-state index is 5.18. The highest BCUT2D eigenvalue weighted by Crippen LogP contribution is 2.03. The van der Waals surface area contributed by atoms with Crippen LogP contribution in [0.3, 0.4) is 0 Å². The fraction of sp³-hybridized carbons (Fsp3) is 1.00. The molecule has 0 rings (SSSR count). The van der Waals surface area contributed by atoms with Gasteiger partial charge in [0.2, 0.25) is 0 Å². The Morgan fingerprint density at radius 2 is 1.83 bits per heavy atom. The summed E-state index contributed by atoms with van der Waals surface area (Å²) in [5, 5.41) is 3.54. The SMILES string of the molecule is CCC(C)N(CCNCCCC(C)C)CCOC. The maximum absolute atomic E-state index is 5.18. The van der Waals surface area contributed by atoms with E-state index in [1.165, 1.54) is 19.3 Å². The average molecular weight is 258 g/mol. The molecule has 1 unspecified atom stereocenters. The number of methoxy groups -OCH3 is 1. The number of ether oxygens (including phenoxy) is 1. The Labute approximate surface area is 114 Å². The molecule has 0 spiro atoms. The van der Waals surface area contributed by atoms with Gasteiger partial charge < -0.3 is 10.1 Å². The molecule has 0 aliphatic heterocycles. The van der Waals surface area contributed by atoms with Gasteiger partial charge in [-0.3, -0.25) is 4.90 Å². The Morgan fingerprint density at radius 3 is 2.39 bits per heavy atom. The average Bonchev–Trinajstić information content (AvgIpc) is 2.35. The van der Waals surface area contributed by atoms with Gasteiger partial charge in [0.1, 0.15) is 0 Å².